The van der Waals surface area contributed by atoms with Crippen LogP contribution in [0.15, 0.2) is 0 Å². The lowest BCUT2D eigenvalue weighted by atomic mass is 10.1. The molecule has 3 aliphatic rings. The Labute approximate surface area is 123 Å². The Hall–Kier alpha value is -0.160. The van der Waals surface area contributed by atoms with Crippen LogP contribution < -0.4 is 5.32 Å². The third-order valence-corrected chi connectivity index (χ3v) is 4.73. The van der Waals surface area contributed by atoms with Gasteiger partial charge >= 0.3 is 0 Å². The van der Waals surface area contributed by atoms with Crippen molar-refractivity contribution < 1.29 is 9.47 Å². The maximum absolute atomic E-state index is 6.19. The van der Waals surface area contributed by atoms with Crippen LogP contribution in [-0.4, -0.2) is 62.0 Å². The summed E-state index contributed by atoms with van der Waals surface area (Å²) in [4.78, 5) is 2.55. The van der Waals surface area contributed by atoms with Gasteiger partial charge in [-0.05, 0) is 52.0 Å². The molecule has 116 valence electrons. The summed E-state index contributed by atoms with van der Waals surface area (Å²) in [6.45, 7) is 7.41. The lowest BCUT2D eigenvalue weighted by Gasteiger charge is -2.33. The van der Waals surface area contributed by atoms with Gasteiger partial charge in [-0.1, -0.05) is 0 Å². The van der Waals surface area contributed by atoms with Crippen molar-refractivity contribution in [3.8, 4) is 0 Å². The van der Waals surface area contributed by atoms with Gasteiger partial charge in [0.15, 0.2) is 0 Å². The number of piperidine rings is 1. The maximum atomic E-state index is 6.19. The lowest BCUT2D eigenvalue weighted by molar-refractivity contribution is -0.0213. The van der Waals surface area contributed by atoms with Crippen LogP contribution in [0.25, 0.3) is 0 Å². The molecule has 1 N–H and O–H groups in total. The van der Waals surface area contributed by atoms with Crippen LogP contribution in [0.2, 0.25) is 0 Å². The van der Waals surface area contributed by atoms with Crippen molar-refractivity contribution >= 4 is 0 Å². The molecule has 0 radical (unpaired) electrons. The molecule has 0 aromatic heterocycles. The molecule has 3 rings (SSSR count). The van der Waals surface area contributed by atoms with Gasteiger partial charge < -0.3 is 14.8 Å². The standard InChI is InChI=1S/C16H30N2O2/c1-2-19-15-4-3-9-18(11-15)12-16-8-7-14(20-16)10-17-13-5-6-13/h13-17H,2-12H2,1H3. The SMILES string of the molecule is CCOC1CCCN(CC2CCC(CNC3CC3)O2)C1. The van der Waals surface area contributed by atoms with Gasteiger partial charge in [0.1, 0.15) is 0 Å². The van der Waals surface area contributed by atoms with Crippen molar-refractivity contribution in [3.63, 3.8) is 0 Å². The van der Waals surface area contributed by atoms with Crippen LogP contribution in [0.3, 0.4) is 0 Å². The Morgan fingerprint density at radius 1 is 1.15 bits per heavy atom. The van der Waals surface area contributed by atoms with E-state index in [4.69, 9.17) is 9.47 Å². The summed E-state index contributed by atoms with van der Waals surface area (Å²) in [6, 6.07) is 0.798. The third kappa shape index (κ3) is 4.42. The summed E-state index contributed by atoms with van der Waals surface area (Å²) in [5, 5.41) is 3.59. The van der Waals surface area contributed by atoms with E-state index in [-0.39, 0.29) is 0 Å². The smallest absolute Gasteiger partial charge is 0.0707 e. The molecule has 20 heavy (non-hydrogen) atoms. The van der Waals surface area contributed by atoms with Crippen LogP contribution in [0.1, 0.15) is 45.4 Å². The fourth-order valence-corrected chi connectivity index (χ4v) is 3.49. The second kappa shape index (κ2) is 7.21. The molecule has 0 bridgehead atoms. The second-order valence-corrected chi connectivity index (χ2v) is 6.62. The van der Waals surface area contributed by atoms with Gasteiger partial charge in [0.25, 0.3) is 0 Å². The van der Waals surface area contributed by atoms with E-state index in [9.17, 15) is 0 Å². The molecule has 0 amide bonds. The van der Waals surface area contributed by atoms with Crippen LogP contribution in [0.4, 0.5) is 0 Å². The number of hydrogen-bond acceptors (Lipinski definition) is 4. The topological polar surface area (TPSA) is 33.7 Å². The van der Waals surface area contributed by atoms with Crippen LogP contribution in [-0.2, 0) is 9.47 Å². The van der Waals surface area contributed by atoms with Gasteiger partial charge in [0.2, 0.25) is 0 Å². The predicted molar refractivity (Wildman–Crippen MR) is 80.0 cm³/mol. The molecule has 2 heterocycles. The Kier molecular flexibility index (Phi) is 5.32. The molecular weight excluding hydrogens is 252 g/mol. The molecule has 0 aromatic carbocycles. The van der Waals surface area contributed by atoms with E-state index in [1.165, 1.54) is 45.1 Å². The minimum Gasteiger partial charge on any atom is -0.377 e. The van der Waals surface area contributed by atoms with Gasteiger partial charge in [-0.15, -0.1) is 0 Å². The third-order valence-electron chi connectivity index (χ3n) is 4.73. The Morgan fingerprint density at radius 3 is 2.80 bits per heavy atom. The van der Waals surface area contributed by atoms with Crippen LogP contribution in [0.5, 0.6) is 0 Å². The molecule has 2 aliphatic heterocycles. The molecule has 3 fully saturated rings. The summed E-state index contributed by atoms with van der Waals surface area (Å²) in [6.07, 6.45) is 9.02. The Balaban J connectivity index is 1.35. The van der Waals surface area contributed by atoms with Crippen molar-refractivity contribution in [1.29, 1.82) is 0 Å². The molecule has 4 nitrogen and oxygen atoms in total. The van der Waals surface area contributed by atoms with Gasteiger partial charge in [0.05, 0.1) is 18.3 Å². The van der Waals surface area contributed by atoms with Gasteiger partial charge in [-0.25, -0.2) is 0 Å². The highest BCUT2D eigenvalue weighted by Crippen LogP contribution is 2.24. The average Bonchev–Trinajstić information content (AvgIpc) is 3.18. The molecular formula is C16H30N2O2. The van der Waals surface area contributed by atoms with E-state index >= 15 is 0 Å². The summed E-state index contributed by atoms with van der Waals surface area (Å²) in [5.41, 5.74) is 0. The molecule has 3 atom stereocenters. The summed E-state index contributed by atoms with van der Waals surface area (Å²) < 4.78 is 12.0. The first-order valence-corrected chi connectivity index (χ1v) is 8.56. The number of hydrogen-bond donors (Lipinski definition) is 1. The van der Waals surface area contributed by atoms with Crippen molar-refractivity contribution in [2.45, 2.75) is 69.8 Å². The molecule has 2 saturated heterocycles. The van der Waals surface area contributed by atoms with Gasteiger partial charge in [-0.3, -0.25) is 4.90 Å². The van der Waals surface area contributed by atoms with Crippen molar-refractivity contribution in [3.05, 3.63) is 0 Å². The highest BCUT2D eigenvalue weighted by atomic mass is 16.5. The largest absolute Gasteiger partial charge is 0.377 e. The zero-order valence-electron chi connectivity index (χ0n) is 12.9. The number of nitrogens with one attached hydrogen (secondary N) is 1. The second-order valence-electron chi connectivity index (χ2n) is 6.62. The number of nitrogens with zero attached hydrogens (tertiary/aromatic N) is 1. The fraction of sp³-hybridized carbons (Fsp3) is 1.00. The zero-order chi connectivity index (χ0) is 13.8. The van der Waals surface area contributed by atoms with Crippen molar-refractivity contribution in [2.24, 2.45) is 0 Å². The molecule has 3 unspecified atom stereocenters. The van der Waals surface area contributed by atoms with E-state index in [2.05, 4.69) is 17.1 Å². The predicted octanol–water partition coefficient (Wildman–Crippen LogP) is 1.79. The van der Waals surface area contributed by atoms with E-state index in [0.29, 0.717) is 18.3 Å². The van der Waals surface area contributed by atoms with E-state index in [1.807, 2.05) is 0 Å². The number of rotatable bonds is 7. The van der Waals surface area contributed by atoms with E-state index < -0.39 is 0 Å². The van der Waals surface area contributed by atoms with Gasteiger partial charge in [0, 0.05) is 32.3 Å². The minimum atomic E-state index is 0.446. The average molecular weight is 282 g/mol. The van der Waals surface area contributed by atoms with Crippen molar-refractivity contribution in [1.82, 2.24) is 10.2 Å². The molecule has 1 aliphatic carbocycles. The first-order valence-electron chi connectivity index (χ1n) is 8.56. The first-order chi connectivity index (χ1) is 9.83. The lowest BCUT2D eigenvalue weighted by Crippen LogP contribution is -2.43. The quantitative estimate of drug-likeness (QED) is 0.772. The van der Waals surface area contributed by atoms with Crippen LogP contribution >= 0.6 is 0 Å². The first kappa shape index (κ1) is 14.8. The summed E-state index contributed by atoms with van der Waals surface area (Å²) in [5.74, 6) is 0. The van der Waals surface area contributed by atoms with E-state index in [1.54, 1.807) is 0 Å². The van der Waals surface area contributed by atoms with E-state index in [0.717, 1.165) is 32.3 Å². The molecule has 4 heteroatoms. The summed E-state index contributed by atoms with van der Waals surface area (Å²) >= 11 is 0. The highest BCUT2D eigenvalue weighted by molar-refractivity contribution is 4.85. The summed E-state index contributed by atoms with van der Waals surface area (Å²) in [7, 11) is 0. The molecule has 0 spiro atoms. The monoisotopic (exact) mass is 282 g/mol. The maximum Gasteiger partial charge on any atom is 0.0707 e. The normalized spacial score (nSPS) is 35.5. The van der Waals surface area contributed by atoms with Crippen molar-refractivity contribution in [2.75, 3.05) is 32.8 Å². The Morgan fingerprint density at radius 2 is 2.00 bits per heavy atom. The highest BCUT2D eigenvalue weighted by Gasteiger charge is 2.30. The number of likely N-dealkylation sites (tertiary alicyclic amines) is 1. The van der Waals surface area contributed by atoms with Gasteiger partial charge in [-0.2, -0.15) is 0 Å². The number of ether oxygens (including phenoxy) is 2. The minimum absolute atomic E-state index is 0.446. The van der Waals surface area contributed by atoms with Crippen LogP contribution in [0, 0.1) is 0 Å². The Bertz CT molecular complexity index is 294. The molecule has 0 aromatic rings. The fourth-order valence-electron chi connectivity index (χ4n) is 3.49. The molecule has 1 saturated carbocycles. The zero-order valence-corrected chi connectivity index (χ0v) is 12.9.